The van der Waals surface area contributed by atoms with E-state index in [1.165, 1.54) is 6.42 Å². The number of rotatable bonds is 1. The van der Waals surface area contributed by atoms with Crippen molar-refractivity contribution in [1.29, 1.82) is 0 Å². The van der Waals surface area contributed by atoms with Crippen LogP contribution in [0.2, 0.25) is 0 Å². The monoisotopic (exact) mass is 277 g/mol. The third-order valence-corrected chi connectivity index (χ3v) is 6.07. The van der Waals surface area contributed by atoms with Crippen molar-refractivity contribution in [2.75, 3.05) is 13.1 Å². The molecule has 0 atom stereocenters. The van der Waals surface area contributed by atoms with Crippen molar-refractivity contribution in [3.63, 3.8) is 0 Å². The SMILES string of the molecule is CC1=C(N2CCCCC2)S(=O)(=O)c2ccccc2C1. The van der Waals surface area contributed by atoms with E-state index in [2.05, 4.69) is 4.90 Å². The Kier molecular flexibility index (Phi) is 3.13. The second-order valence-electron chi connectivity index (χ2n) is 5.42. The van der Waals surface area contributed by atoms with E-state index in [0.29, 0.717) is 9.92 Å². The third-order valence-electron chi connectivity index (χ3n) is 3.98. The first-order valence-corrected chi connectivity index (χ1v) is 8.37. The standard InChI is InChI=1S/C15H19NO2S/c1-12-11-13-7-3-4-8-14(13)19(17,18)15(12)16-9-5-2-6-10-16/h3-4,7-8H,2,5-6,9-11H2,1H3. The molecule has 1 fully saturated rings. The van der Waals surface area contributed by atoms with Crippen LogP contribution in [-0.2, 0) is 16.3 Å². The van der Waals surface area contributed by atoms with Gasteiger partial charge in [0, 0.05) is 13.1 Å². The normalized spacial score (nSPS) is 22.3. The molecule has 0 radical (unpaired) electrons. The zero-order chi connectivity index (χ0) is 13.5. The molecule has 1 saturated heterocycles. The molecule has 0 bridgehead atoms. The van der Waals surface area contributed by atoms with Crippen molar-refractivity contribution in [2.45, 2.75) is 37.5 Å². The minimum atomic E-state index is -3.33. The molecule has 1 aromatic carbocycles. The summed E-state index contributed by atoms with van der Waals surface area (Å²) < 4.78 is 25.6. The van der Waals surface area contributed by atoms with Crippen molar-refractivity contribution in [2.24, 2.45) is 0 Å². The number of fused-ring (bicyclic) bond motifs is 1. The highest BCUT2D eigenvalue weighted by atomic mass is 32.2. The summed E-state index contributed by atoms with van der Waals surface area (Å²) in [5.41, 5.74) is 1.92. The van der Waals surface area contributed by atoms with Crippen LogP contribution in [0.5, 0.6) is 0 Å². The average molecular weight is 277 g/mol. The second kappa shape index (κ2) is 4.67. The van der Waals surface area contributed by atoms with Gasteiger partial charge in [-0.05, 0) is 49.8 Å². The van der Waals surface area contributed by atoms with E-state index >= 15 is 0 Å². The van der Waals surface area contributed by atoms with Crippen molar-refractivity contribution >= 4 is 9.84 Å². The van der Waals surface area contributed by atoms with E-state index in [1.807, 2.05) is 25.1 Å². The first-order chi connectivity index (χ1) is 9.10. The molecule has 3 nitrogen and oxygen atoms in total. The number of benzene rings is 1. The van der Waals surface area contributed by atoms with Gasteiger partial charge >= 0.3 is 0 Å². The van der Waals surface area contributed by atoms with Gasteiger partial charge in [-0.25, -0.2) is 8.42 Å². The summed E-state index contributed by atoms with van der Waals surface area (Å²) in [6, 6.07) is 7.38. The molecule has 1 aromatic rings. The topological polar surface area (TPSA) is 37.4 Å². The fourth-order valence-corrected chi connectivity index (χ4v) is 5.15. The molecular formula is C15H19NO2S. The van der Waals surface area contributed by atoms with Crippen LogP contribution in [-0.4, -0.2) is 26.4 Å². The minimum absolute atomic E-state index is 0.501. The Labute approximate surface area is 114 Å². The van der Waals surface area contributed by atoms with Crippen molar-refractivity contribution < 1.29 is 8.42 Å². The minimum Gasteiger partial charge on any atom is -0.362 e. The Bertz CT molecular complexity index is 625. The maximum absolute atomic E-state index is 12.8. The van der Waals surface area contributed by atoms with Gasteiger partial charge in [0.15, 0.2) is 0 Å². The number of piperidine rings is 1. The lowest BCUT2D eigenvalue weighted by atomic mass is 10.1. The highest BCUT2D eigenvalue weighted by Gasteiger charge is 2.34. The summed E-state index contributed by atoms with van der Waals surface area (Å²) in [4.78, 5) is 2.57. The Balaban J connectivity index is 2.09. The van der Waals surface area contributed by atoms with E-state index in [9.17, 15) is 8.42 Å². The van der Waals surface area contributed by atoms with E-state index < -0.39 is 9.84 Å². The summed E-state index contributed by atoms with van der Waals surface area (Å²) in [5, 5.41) is 0.575. The van der Waals surface area contributed by atoms with Crippen LogP contribution in [0.3, 0.4) is 0 Å². The number of sulfone groups is 1. The van der Waals surface area contributed by atoms with Crippen molar-refractivity contribution in [3.8, 4) is 0 Å². The second-order valence-corrected chi connectivity index (χ2v) is 7.25. The van der Waals surface area contributed by atoms with Crippen LogP contribution in [0.4, 0.5) is 0 Å². The summed E-state index contributed by atoms with van der Waals surface area (Å²) in [5.74, 6) is 0. The largest absolute Gasteiger partial charge is 0.362 e. The molecule has 0 spiro atoms. The average Bonchev–Trinajstić information content (AvgIpc) is 2.39. The fraction of sp³-hybridized carbons (Fsp3) is 0.467. The molecule has 0 aliphatic carbocycles. The van der Waals surface area contributed by atoms with Crippen molar-refractivity contribution in [1.82, 2.24) is 4.90 Å². The molecule has 2 aliphatic rings. The van der Waals surface area contributed by atoms with Crippen LogP contribution >= 0.6 is 0 Å². The fourth-order valence-electron chi connectivity index (χ4n) is 3.14. The number of hydrogen-bond acceptors (Lipinski definition) is 3. The van der Waals surface area contributed by atoms with Gasteiger partial charge in [0.1, 0.15) is 5.03 Å². The lowest BCUT2D eigenvalue weighted by molar-refractivity contribution is 0.295. The van der Waals surface area contributed by atoms with E-state index in [0.717, 1.165) is 43.5 Å². The van der Waals surface area contributed by atoms with Crippen LogP contribution in [0, 0.1) is 0 Å². The number of allylic oxidation sites excluding steroid dienone is 1. The summed E-state index contributed by atoms with van der Waals surface area (Å²) in [7, 11) is -3.33. The first kappa shape index (κ1) is 12.7. The van der Waals surface area contributed by atoms with E-state index in [1.54, 1.807) is 6.07 Å². The van der Waals surface area contributed by atoms with Gasteiger partial charge < -0.3 is 4.90 Å². The predicted octanol–water partition coefficient (Wildman–Crippen LogP) is 2.73. The lowest BCUT2D eigenvalue weighted by Crippen LogP contribution is -2.35. The number of hydrogen-bond donors (Lipinski definition) is 0. The smallest absolute Gasteiger partial charge is 0.221 e. The molecule has 0 unspecified atom stereocenters. The van der Waals surface area contributed by atoms with E-state index in [-0.39, 0.29) is 0 Å². The Hall–Kier alpha value is -1.29. The van der Waals surface area contributed by atoms with Crippen LogP contribution < -0.4 is 0 Å². The predicted molar refractivity (Wildman–Crippen MR) is 75.5 cm³/mol. The van der Waals surface area contributed by atoms with Crippen LogP contribution in [0.15, 0.2) is 39.8 Å². The summed E-state index contributed by atoms with van der Waals surface area (Å²) >= 11 is 0. The molecule has 2 heterocycles. The highest BCUT2D eigenvalue weighted by Crippen LogP contribution is 2.35. The van der Waals surface area contributed by atoms with Crippen molar-refractivity contribution in [3.05, 3.63) is 40.4 Å². The Morgan fingerprint density at radius 2 is 1.74 bits per heavy atom. The molecule has 0 saturated carbocycles. The Morgan fingerprint density at radius 1 is 1.05 bits per heavy atom. The van der Waals surface area contributed by atoms with Gasteiger partial charge in [-0.1, -0.05) is 18.2 Å². The molecule has 19 heavy (non-hydrogen) atoms. The maximum Gasteiger partial charge on any atom is 0.221 e. The zero-order valence-corrected chi connectivity index (χ0v) is 12.0. The summed E-state index contributed by atoms with van der Waals surface area (Å²) in [6.45, 7) is 3.69. The Morgan fingerprint density at radius 3 is 2.47 bits per heavy atom. The molecule has 4 heteroatoms. The molecule has 2 aliphatic heterocycles. The molecule has 0 aromatic heterocycles. The summed E-state index contributed by atoms with van der Waals surface area (Å²) in [6.07, 6.45) is 4.14. The number of nitrogens with zero attached hydrogens (tertiary/aromatic N) is 1. The third kappa shape index (κ3) is 2.08. The van der Waals surface area contributed by atoms with Gasteiger partial charge in [-0.15, -0.1) is 0 Å². The molecular weight excluding hydrogens is 258 g/mol. The molecule has 102 valence electrons. The van der Waals surface area contributed by atoms with Gasteiger partial charge in [0.25, 0.3) is 0 Å². The molecule has 0 amide bonds. The quantitative estimate of drug-likeness (QED) is 0.792. The zero-order valence-electron chi connectivity index (χ0n) is 11.2. The first-order valence-electron chi connectivity index (χ1n) is 6.88. The maximum atomic E-state index is 12.8. The van der Waals surface area contributed by atoms with Gasteiger partial charge in [0.2, 0.25) is 9.84 Å². The van der Waals surface area contributed by atoms with Crippen LogP contribution in [0.25, 0.3) is 0 Å². The molecule has 3 rings (SSSR count). The highest BCUT2D eigenvalue weighted by molar-refractivity contribution is 7.95. The lowest BCUT2D eigenvalue weighted by Gasteiger charge is -2.34. The van der Waals surface area contributed by atoms with E-state index in [4.69, 9.17) is 0 Å². The van der Waals surface area contributed by atoms with Gasteiger partial charge in [-0.2, -0.15) is 0 Å². The van der Waals surface area contributed by atoms with Gasteiger partial charge in [0.05, 0.1) is 4.90 Å². The number of likely N-dealkylation sites (tertiary alicyclic amines) is 1. The van der Waals surface area contributed by atoms with Crippen LogP contribution in [0.1, 0.15) is 31.7 Å². The molecule has 0 N–H and O–H groups in total. The van der Waals surface area contributed by atoms with Gasteiger partial charge in [-0.3, -0.25) is 0 Å².